The predicted octanol–water partition coefficient (Wildman–Crippen LogP) is 4.33. The van der Waals surface area contributed by atoms with Crippen LogP contribution in [0, 0.1) is 0 Å². The number of aliphatic imine (C=N–C) groups is 1. The molecule has 3 aromatic rings. The van der Waals surface area contributed by atoms with E-state index in [1.807, 2.05) is 30.3 Å². The zero-order chi connectivity index (χ0) is 23.1. The molecule has 0 aromatic heterocycles. The van der Waals surface area contributed by atoms with E-state index in [0.717, 1.165) is 16.1 Å². The summed E-state index contributed by atoms with van der Waals surface area (Å²) < 4.78 is 24.8. The third kappa shape index (κ3) is 3.59. The Morgan fingerprint density at radius 3 is 2.06 bits per heavy atom. The molecular weight excluding hydrogens is 492 g/mol. The number of hydrogen-bond donors (Lipinski definition) is 0. The van der Waals surface area contributed by atoms with Crippen LogP contribution in [0.1, 0.15) is 31.8 Å². The smallest absolute Gasteiger partial charge is 0.235 e. The molecule has 3 aromatic carbocycles. The maximum absolute atomic E-state index is 13.2. The predicted molar refractivity (Wildman–Crippen MR) is 127 cm³/mol. The van der Waals surface area contributed by atoms with E-state index in [9.17, 15) is 18.0 Å². The van der Waals surface area contributed by atoms with Gasteiger partial charge >= 0.3 is 0 Å². The van der Waals surface area contributed by atoms with Crippen LogP contribution in [0.25, 0.3) is 0 Å². The molecule has 0 amide bonds. The number of carbonyl (C=O) groups is 2. The molecule has 162 valence electrons. The number of amidine groups is 1. The number of ketones is 2. The summed E-state index contributed by atoms with van der Waals surface area (Å²) in [6, 6.07) is 22.5. The molecule has 1 aliphatic rings. The van der Waals surface area contributed by atoms with Gasteiger partial charge in [0.1, 0.15) is 10.2 Å². The molecule has 0 N–H and O–H groups in total. The Labute approximate surface area is 194 Å². The van der Waals surface area contributed by atoms with E-state index in [1.54, 1.807) is 42.5 Å². The molecule has 0 aliphatic carbocycles. The van der Waals surface area contributed by atoms with Gasteiger partial charge in [0.2, 0.25) is 21.6 Å². The van der Waals surface area contributed by atoms with Crippen molar-refractivity contribution in [3.63, 3.8) is 0 Å². The van der Waals surface area contributed by atoms with Crippen LogP contribution in [0.5, 0.6) is 0 Å². The monoisotopic (exact) mass is 510 g/mol. The van der Waals surface area contributed by atoms with E-state index in [-0.39, 0.29) is 22.6 Å². The molecule has 1 atom stereocenters. The summed E-state index contributed by atoms with van der Waals surface area (Å²) >= 11 is 3.74. The molecule has 0 saturated carbocycles. The highest BCUT2D eigenvalue weighted by atomic mass is 79.9. The molecule has 1 unspecified atom stereocenters. The summed E-state index contributed by atoms with van der Waals surface area (Å²) in [7, 11) is -2.24. The fourth-order valence-electron chi connectivity index (χ4n) is 3.67. The van der Waals surface area contributed by atoms with Crippen LogP contribution < -0.4 is 0 Å². The van der Waals surface area contributed by atoms with Gasteiger partial charge in [0.25, 0.3) is 0 Å². The van der Waals surface area contributed by atoms with Gasteiger partial charge in [-0.05, 0) is 11.6 Å². The van der Waals surface area contributed by atoms with E-state index in [4.69, 9.17) is 0 Å². The zero-order valence-electron chi connectivity index (χ0n) is 17.3. The summed E-state index contributed by atoms with van der Waals surface area (Å²) in [5.74, 6) is -1.17. The number of likely N-dealkylation sites (N-methyl/N-ethyl adjacent to an activating group) is 1. The molecule has 0 spiro atoms. The fraction of sp³-hybridized carbons (Fsp3) is 0.125. The van der Waals surface area contributed by atoms with Gasteiger partial charge in [-0.25, -0.2) is 13.4 Å². The Morgan fingerprint density at radius 1 is 0.875 bits per heavy atom. The highest BCUT2D eigenvalue weighted by Crippen LogP contribution is 2.51. The lowest BCUT2D eigenvalue weighted by atomic mass is 9.88. The van der Waals surface area contributed by atoms with E-state index >= 15 is 0 Å². The minimum absolute atomic E-state index is 0.119. The van der Waals surface area contributed by atoms with Gasteiger partial charge in [-0.15, -0.1) is 0 Å². The quantitative estimate of drug-likeness (QED) is 0.290. The summed E-state index contributed by atoms with van der Waals surface area (Å²) in [5, 5.41) is 0. The van der Waals surface area contributed by atoms with Crippen molar-refractivity contribution in [1.29, 1.82) is 0 Å². The van der Waals surface area contributed by atoms with E-state index in [1.165, 1.54) is 13.1 Å². The molecule has 1 heterocycles. The average Bonchev–Trinajstić information content (AvgIpc) is 3.11. The van der Waals surface area contributed by atoms with E-state index in [2.05, 4.69) is 20.9 Å². The van der Waals surface area contributed by atoms with Crippen molar-refractivity contribution in [2.45, 2.75) is 4.32 Å². The maximum Gasteiger partial charge on any atom is 0.235 e. The lowest BCUT2D eigenvalue weighted by molar-refractivity contribution is 0.0817. The molecular formula is C24H19BrN2O4S. The highest BCUT2D eigenvalue weighted by molar-refractivity contribution is 9.10. The third-order valence-electron chi connectivity index (χ3n) is 5.39. The largest absolute Gasteiger partial charge is 0.285 e. The minimum atomic E-state index is -3.65. The molecule has 0 saturated heterocycles. The van der Waals surface area contributed by atoms with Crippen LogP contribution in [0.2, 0.25) is 0 Å². The molecule has 0 radical (unpaired) electrons. The Bertz CT molecular complexity index is 1360. The fourth-order valence-corrected chi connectivity index (χ4v) is 5.22. The first kappa shape index (κ1) is 22.1. The number of hydrogen-bond acceptors (Lipinski definition) is 5. The van der Waals surface area contributed by atoms with Crippen molar-refractivity contribution in [2.75, 3.05) is 13.3 Å². The van der Waals surface area contributed by atoms with Crippen LogP contribution in [0.15, 0.2) is 83.9 Å². The summed E-state index contributed by atoms with van der Waals surface area (Å²) in [6.07, 6.45) is 1.09. The highest BCUT2D eigenvalue weighted by Gasteiger charge is 2.48. The van der Waals surface area contributed by atoms with Crippen LogP contribution in [-0.2, 0) is 14.3 Å². The Kier molecular flexibility index (Phi) is 5.60. The lowest BCUT2D eigenvalue weighted by Gasteiger charge is -2.30. The number of Topliss-reactive ketones (excluding diaryl/α,β-unsaturated/α-hetero) is 2. The van der Waals surface area contributed by atoms with Crippen molar-refractivity contribution in [3.05, 3.63) is 101 Å². The second-order valence-electron chi connectivity index (χ2n) is 7.42. The number of fused-ring (bicyclic) bond motifs is 1. The molecule has 0 bridgehead atoms. The second-order valence-corrected chi connectivity index (χ2v) is 10.6. The van der Waals surface area contributed by atoms with Gasteiger partial charge < -0.3 is 0 Å². The van der Waals surface area contributed by atoms with Crippen LogP contribution in [0.3, 0.4) is 0 Å². The Hall–Kier alpha value is -3.10. The van der Waals surface area contributed by atoms with Crippen LogP contribution in [-0.4, -0.2) is 43.4 Å². The van der Waals surface area contributed by atoms with Crippen LogP contribution in [0.4, 0.5) is 5.69 Å². The molecule has 32 heavy (non-hydrogen) atoms. The van der Waals surface area contributed by atoms with Gasteiger partial charge in [0.15, 0.2) is 0 Å². The minimum Gasteiger partial charge on any atom is -0.285 e. The molecule has 8 heteroatoms. The number of rotatable bonds is 5. The number of carbonyl (C=O) groups excluding carboxylic acids is 2. The van der Waals surface area contributed by atoms with Crippen molar-refractivity contribution >= 4 is 49.0 Å². The van der Waals surface area contributed by atoms with E-state index in [0.29, 0.717) is 5.56 Å². The zero-order valence-corrected chi connectivity index (χ0v) is 19.7. The average molecular weight is 511 g/mol. The van der Waals surface area contributed by atoms with Crippen molar-refractivity contribution < 1.29 is 18.0 Å². The number of para-hydroxylation sites is 1. The van der Waals surface area contributed by atoms with Crippen molar-refractivity contribution in [3.8, 4) is 0 Å². The van der Waals surface area contributed by atoms with Gasteiger partial charge in [-0.1, -0.05) is 88.7 Å². The summed E-state index contributed by atoms with van der Waals surface area (Å²) in [6.45, 7) is 0. The molecule has 0 fully saturated rings. The van der Waals surface area contributed by atoms with Crippen LogP contribution >= 0.6 is 15.9 Å². The first-order valence-electron chi connectivity index (χ1n) is 9.70. The summed E-state index contributed by atoms with van der Waals surface area (Å²) in [5.41, 5.74) is 1.99. The number of benzene rings is 3. The first-order chi connectivity index (χ1) is 15.2. The normalized spacial score (nSPS) is 17.4. The second kappa shape index (κ2) is 8.11. The number of nitrogens with zero attached hydrogens (tertiary/aromatic N) is 2. The van der Waals surface area contributed by atoms with Gasteiger partial charge in [0, 0.05) is 18.2 Å². The molecule has 4 rings (SSSR count). The Balaban J connectivity index is 1.92. The Morgan fingerprint density at radius 2 is 1.47 bits per heavy atom. The number of halogens is 1. The van der Waals surface area contributed by atoms with Gasteiger partial charge in [0.05, 0.1) is 17.5 Å². The number of sulfonamides is 1. The molecule has 1 aliphatic heterocycles. The van der Waals surface area contributed by atoms with Gasteiger partial charge in [-0.2, -0.15) is 0 Å². The first-order valence-corrected chi connectivity index (χ1v) is 12.3. The van der Waals surface area contributed by atoms with Gasteiger partial charge in [-0.3, -0.25) is 13.9 Å². The lowest BCUT2D eigenvalue weighted by Crippen LogP contribution is -2.42. The van der Waals surface area contributed by atoms with E-state index < -0.39 is 25.9 Å². The maximum atomic E-state index is 13.2. The summed E-state index contributed by atoms with van der Waals surface area (Å²) in [4.78, 5) is 30.6. The topological polar surface area (TPSA) is 83.9 Å². The van der Waals surface area contributed by atoms with Crippen molar-refractivity contribution in [1.82, 2.24) is 4.31 Å². The third-order valence-corrected chi connectivity index (χ3v) is 7.79. The number of alkyl halides is 1. The SMILES string of the molecule is CN(C1=Nc2c(C(=O)C(=O)c3ccccc3)cccc2C1(Br)c1ccccc1)S(C)(=O)=O. The molecule has 6 nitrogen and oxygen atoms in total. The standard InChI is InChI=1S/C24H19BrN2O4S/c1-27(32(2,30)31)23-24(25,17-12-7-4-8-13-17)19-15-9-14-18(20(19)26-23)22(29)21(28)16-10-5-3-6-11-16/h3-15H,1-2H3. The van der Waals surface area contributed by atoms with Crippen molar-refractivity contribution in [2.24, 2.45) is 4.99 Å².